The van der Waals surface area contributed by atoms with Crippen LogP contribution in [0.25, 0.3) is 11.3 Å². The molecule has 3 unspecified atom stereocenters. The molecule has 0 spiro atoms. The van der Waals surface area contributed by atoms with Gasteiger partial charge in [-0.1, -0.05) is 25.4 Å². The summed E-state index contributed by atoms with van der Waals surface area (Å²) in [7, 11) is 0. The van der Waals surface area contributed by atoms with Gasteiger partial charge >= 0.3 is 5.63 Å². The van der Waals surface area contributed by atoms with Crippen LogP contribution in [0, 0.1) is 22.7 Å². The summed E-state index contributed by atoms with van der Waals surface area (Å²) >= 11 is 5.85. The summed E-state index contributed by atoms with van der Waals surface area (Å²) in [5.41, 5.74) is -3.42. The van der Waals surface area contributed by atoms with Gasteiger partial charge in [0.2, 0.25) is 0 Å². The summed E-state index contributed by atoms with van der Waals surface area (Å²) in [6.07, 6.45) is 0.758. The van der Waals surface area contributed by atoms with Gasteiger partial charge in [-0.3, -0.25) is 4.79 Å². The van der Waals surface area contributed by atoms with E-state index in [4.69, 9.17) is 20.8 Å². The Morgan fingerprint density at radius 2 is 1.91 bits per heavy atom. The number of rotatable bonds is 2. The molecule has 1 aliphatic heterocycles. The number of pyridine rings is 1. The second-order valence-corrected chi connectivity index (χ2v) is 11.0. The molecule has 9 heteroatoms. The number of aliphatic hydroxyl groups is 3. The van der Waals surface area contributed by atoms with Gasteiger partial charge in [-0.25, -0.2) is 9.78 Å². The second kappa shape index (κ2) is 7.62. The SMILES string of the molecule is CC1(CO)C2C[C@H](O)[C@@]3(C)Oc4cc(-c5ccc(Cl)nc5)oc(=O)c4C(=O)C3[C@@]2(C)CC[C@@H]1O. The fraction of sp³-hybridized carbons (Fsp3) is 0.560. The standard InChI is InChI=1S/C25H28ClNO7/c1-23-7-6-16(29)24(2,11-28)15(23)9-17(30)25(3)21(23)20(31)19-14(34-25)8-13(33-22(19)32)12-4-5-18(26)27-10-12/h4-5,8,10,15-17,21,28-30H,6-7,9,11H2,1-3H3/t15?,16-,17-,21?,23-,24?,25+/m0/s1. The molecule has 0 radical (unpaired) electrons. The minimum Gasteiger partial charge on any atom is -0.483 e. The van der Waals surface area contributed by atoms with E-state index < -0.39 is 46.0 Å². The first kappa shape index (κ1) is 23.5. The average Bonchev–Trinajstić information content (AvgIpc) is 2.78. The van der Waals surface area contributed by atoms with Gasteiger partial charge in [0, 0.05) is 23.2 Å². The van der Waals surface area contributed by atoms with Crippen LogP contribution in [0.5, 0.6) is 5.75 Å². The monoisotopic (exact) mass is 489 g/mol. The zero-order valence-electron chi connectivity index (χ0n) is 19.2. The molecule has 182 valence electrons. The summed E-state index contributed by atoms with van der Waals surface area (Å²) in [6, 6.07) is 4.67. The molecule has 2 fully saturated rings. The zero-order valence-corrected chi connectivity index (χ0v) is 20.0. The lowest BCUT2D eigenvalue weighted by Gasteiger charge is -2.64. The topological polar surface area (TPSA) is 130 Å². The van der Waals surface area contributed by atoms with Crippen molar-refractivity contribution in [3.8, 4) is 17.1 Å². The number of aliphatic hydroxyl groups excluding tert-OH is 3. The number of hydrogen-bond acceptors (Lipinski definition) is 8. The van der Waals surface area contributed by atoms with Crippen molar-refractivity contribution in [2.24, 2.45) is 22.7 Å². The predicted octanol–water partition coefficient (Wildman–Crippen LogP) is 2.85. The van der Waals surface area contributed by atoms with Crippen LogP contribution in [0.3, 0.4) is 0 Å². The molecular weight excluding hydrogens is 462 g/mol. The van der Waals surface area contributed by atoms with Crippen LogP contribution >= 0.6 is 11.6 Å². The quantitative estimate of drug-likeness (QED) is 0.549. The lowest BCUT2D eigenvalue weighted by Crippen LogP contribution is -2.71. The number of nitrogens with zero attached hydrogens (tertiary/aromatic N) is 1. The Morgan fingerprint density at radius 3 is 2.56 bits per heavy atom. The molecule has 2 aliphatic carbocycles. The van der Waals surface area contributed by atoms with Gasteiger partial charge < -0.3 is 24.5 Å². The van der Waals surface area contributed by atoms with E-state index in [2.05, 4.69) is 4.98 Å². The van der Waals surface area contributed by atoms with Crippen LogP contribution in [0.2, 0.25) is 5.15 Å². The third kappa shape index (κ3) is 3.05. The van der Waals surface area contributed by atoms with Gasteiger partial charge in [0.25, 0.3) is 0 Å². The number of fused-ring (bicyclic) bond motifs is 4. The molecule has 2 aromatic heterocycles. The van der Waals surface area contributed by atoms with Gasteiger partial charge in [0.1, 0.15) is 27.8 Å². The number of Topliss-reactive ketones (excluding diaryl/α,β-unsaturated/α-hetero) is 1. The number of ketones is 1. The van der Waals surface area contributed by atoms with E-state index in [0.717, 1.165) is 0 Å². The molecule has 0 amide bonds. The summed E-state index contributed by atoms with van der Waals surface area (Å²) in [5, 5.41) is 32.5. The first-order chi connectivity index (χ1) is 16.0. The third-order valence-corrected chi connectivity index (χ3v) is 8.99. The van der Waals surface area contributed by atoms with Crippen molar-refractivity contribution in [1.29, 1.82) is 0 Å². The van der Waals surface area contributed by atoms with Crippen LogP contribution in [0.4, 0.5) is 0 Å². The Balaban J connectivity index is 1.65. The molecule has 2 aromatic rings. The molecule has 0 saturated heterocycles. The van der Waals surface area contributed by atoms with Crippen molar-refractivity contribution in [3.63, 3.8) is 0 Å². The van der Waals surface area contributed by atoms with Crippen LogP contribution in [-0.4, -0.2) is 50.5 Å². The molecule has 2 saturated carbocycles. The summed E-state index contributed by atoms with van der Waals surface area (Å²) in [5.74, 6) is -1.42. The van der Waals surface area contributed by atoms with Crippen LogP contribution in [-0.2, 0) is 0 Å². The maximum absolute atomic E-state index is 14.0. The normalized spacial score (nSPS) is 39.0. The van der Waals surface area contributed by atoms with Crippen LogP contribution < -0.4 is 10.4 Å². The van der Waals surface area contributed by atoms with E-state index >= 15 is 0 Å². The highest BCUT2D eigenvalue weighted by Crippen LogP contribution is 2.64. The lowest BCUT2D eigenvalue weighted by molar-refractivity contribution is -0.226. The van der Waals surface area contributed by atoms with Crippen molar-refractivity contribution in [3.05, 3.63) is 45.5 Å². The van der Waals surface area contributed by atoms with Gasteiger partial charge in [0.15, 0.2) is 5.78 Å². The maximum atomic E-state index is 14.0. The van der Waals surface area contributed by atoms with Gasteiger partial charge in [-0.05, 0) is 49.7 Å². The van der Waals surface area contributed by atoms with E-state index in [1.165, 1.54) is 12.3 Å². The Labute approximate surface area is 201 Å². The fourth-order valence-electron chi connectivity index (χ4n) is 6.85. The Morgan fingerprint density at radius 1 is 1.18 bits per heavy atom. The Kier molecular flexibility index (Phi) is 5.26. The predicted molar refractivity (Wildman–Crippen MR) is 123 cm³/mol. The molecule has 3 aliphatic rings. The minimum atomic E-state index is -1.29. The van der Waals surface area contributed by atoms with E-state index in [9.17, 15) is 24.9 Å². The van der Waals surface area contributed by atoms with Crippen molar-refractivity contribution in [2.75, 3.05) is 6.61 Å². The molecule has 3 N–H and O–H groups in total. The molecule has 3 heterocycles. The molecular formula is C25H28ClNO7. The summed E-state index contributed by atoms with van der Waals surface area (Å²) in [6.45, 7) is 5.15. The first-order valence-electron chi connectivity index (χ1n) is 11.5. The average molecular weight is 490 g/mol. The largest absolute Gasteiger partial charge is 0.483 e. The summed E-state index contributed by atoms with van der Waals surface area (Å²) < 4.78 is 11.8. The van der Waals surface area contributed by atoms with Crippen molar-refractivity contribution in [1.82, 2.24) is 4.98 Å². The van der Waals surface area contributed by atoms with Crippen molar-refractivity contribution in [2.45, 2.75) is 57.8 Å². The highest BCUT2D eigenvalue weighted by atomic mass is 35.5. The number of ether oxygens (including phenoxy) is 1. The van der Waals surface area contributed by atoms with Crippen molar-refractivity contribution < 1.29 is 29.3 Å². The Hall–Kier alpha value is -2.26. The highest BCUT2D eigenvalue weighted by molar-refractivity contribution is 6.29. The summed E-state index contributed by atoms with van der Waals surface area (Å²) in [4.78, 5) is 31.0. The zero-order chi connectivity index (χ0) is 24.6. The number of halogens is 1. The number of carbonyl (C=O) groups excluding carboxylic acids is 1. The Bertz CT molecular complexity index is 1210. The molecule has 7 atom stereocenters. The van der Waals surface area contributed by atoms with Crippen molar-refractivity contribution >= 4 is 17.4 Å². The maximum Gasteiger partial charge on any atom is 0.351 e. The smallest absolute Gasteiger partial charge is 0.351 e. The van der Waals surface area contributed by atoms with E-state index in [1.807, 2.05) is 6.92 Å². The lowest BCUT2D eigenvalue weighted by atomic mass is 9.43. The second-order valence-electron chi connectivity index (χ2n) is 10.6. The number of aromatic nitrogens is 1. The highest BCUT2D eigenvalue weighted by Gasteiger charge is 2.69. The molecule has 34 heavy (non-hydrogen) atoms. The third-order valence-electron chi connectivity index (χ3n) is 8.77. The van der Waals surface area contributed by atoms with Gasteiger partial charge in [0.05, 0.1) is 24.7 Å². The molecule has 8 nitrogen and oxygen atoms in total. The van der Waals surface area contributed by atoms with E-state index in [-0.39, 0.29) is 41.2 Å². The van der Waals surface area contributed by atoms with E-state index in [1.54, 1.807) is 26.0 Å². The minimum absolute atomic E-state index is 0.0619. The van der Waals surface area contributed by atoms with Crippen LogP contribution in [0.1, 0.15) is 50.4 Å². The molecule has 5 rings (SSSR count). The molecule has 0 aromatic carbocycles. The van der Waals surface area contributed by atoms with Gasteiger partial charge in [-0.15, -0.1) is 0 Å². The number of hydrogen-bond donors (Lipinski definition) is 3. The van der Waals surface area contributed by atoms with Crippen LogP contribution in [0.15, 0.2) is 33.6 Å². The van der Waals surface area contributed by atoms with E-state index in [0.29, 0.717) is 18.4 Å². The molecule has 0 bridgehead atoms. The van der Waals surface area contributed by atoms with Gasteiger partial charge in [-0.2, -0.15) is 0 Å². The number of carbonyl (C=O) groups is 1. The first-order valence-corrected chi connectivity index (χ1v) is 11.8. The fourth-order valence-corrected chi connectivity index (χ4v) is 6.96.